The largest absolute Gasteiger partial charge is 0.282 e. The molecule has 0 aliphatic rings. The Bertz CT molecular complexity index is 790. The second kappa shape index (κ2) is 4.19. The molecule has 0 aliphatic heterocycles. The summed E-state index contributed by atoms with van der Waals surface area (Å²) >= 11 is 8.37. The van der Waals surface area contributed by atoms with E-state index in [1.165, 1.54) is 33.3 Å². The Labute approximate surface area is 115 Å². The molecule has 94 valence electrons. The van der Waals surface area contributed by atoms with Crippen LogP contribution in [0.25, 0.3) is 4.96 Å². The summed E-state index contributed by atoms with van der Waals surface area (Å²) in [5.74, 6) is 0. The van der Waals surface area contributed by atoms with Gasteiger partial charge in [0.1, 0.15) is 0 Å². The van der Waals surface area contributed by atoms with Gasteiger partial charge in [0.2, 0.25) is 0 Å². The van der Waals surface area contributed by atoms with Crippen LogP contribution < -0.4 is 4.72 Å². The molecule has 0 bridgehead atoms. The van der Waals surface area contributed by atoms with Crippen molar-refractivity contribution in [2.75, 3.05) is 4.72 Å². The molecule has 0 atom stereocenters. The average molecular weight is 321 g/mol. The molecule has 0 amide bonds. The zero-order valence-corrected chi connectivity index (χ0v) is 11.8. The van der Waals surface area contributed by atoms with E-state index in [0.29, 0.717) is 4.96 Å². The molecule has 0 unspecified atom stereocenters. The van der Waals surface area contributed by atoms with E-state index < -0.39 is 10.0 Å². The molecule has 0 saturated heterocycles. The zero-order chi connectivity index (χ0) is 12.8. The summed E-state index contributed by atoms with van der Waals surface area (Å²) < 4.78 is 28.2. The van der Waals surface area contributed by atoms with Crippen molar-refractivity contribution in [1.82, 2.24) is 14.4 Å². The van der Waals surface area contributed by atoms with Gasteiger partial charge in [-0.2, -0.15) is 8.42 Å². The zero-order valence-electron chi connectivity index (χ0n) is 8.57. The molecule has 3 rings (SSSR count). The molecule has 18 heavy (non-hydrogen) atoms. The van der Waals surface area contributed by atoms with Crippen molar-refractivity contribution in [3.8, 4) is 0 Å². The molecule has 0 radical (unpaired) electrons. The minimum Gasteiger partial charge on any atom is -0.278 e. The number of fused-ring (bicyclic) bond motifs is 1. The summed E-state index contributed by atoms with van der Waals surface area (Å²) in [5, 5.41) is 3.58. The van der Waals surface area contributed by atoms with E-state index in [4.69, 9.17) is 11.6 Å². The summed E-state index contributed by atoms with van der Waals surface area (Å²) in [6.45, 7) is 0. The van der Waals surface area contributed by atoms with Crippen molar-refractivity contribution in [2.45, 2.75) is 5.03 Å². The highest BCUT2D eigenvalue weighted by Crippen LogP contribution is 2.27. The Morgan fingerprint density at radius 3 is 2.89 bits per heavy atom. The predicted octanol–water partition coefficient (Wildman–Crippen LogP) is 2.31. The van der Waals surface area contributed by atoms with Crippen LogP contribution in [0, 0.1) is 0 Å². The summed E-state index contributed by atoms with van der Waals surface area (Å²) in [7, 11) is -3.79. The van der Waals surface area contributed by atoms with Crippen molar-refractivity contribution in [1.29, 1.82) is 0 Å². The first-order valence-electron chi connectivity index (χ1n) is 4.61. The summed E-state index contributed by atoms with van der Waals surface area (Å²) in [6, 6.07) is 0. The second-order valence-electron chi connectivity index (χ2n) is 3.21. The highest BCUT2D eigenvalue weighted by molar-refractivity contribution is 7.93. The number of rotatable bonds is 3. The Kier molecular flexibility index (Phi) is 2.77. The van der Waals surface area contributed by atoms with Gasteiger partial charge in [-0.15, -0.1) is 22.7 Å². The van der Waals surface area contributed by atoms with E-state index in [1.54, 1.807) is 17.0 Å². The average Bonchev–Trinajstić information content (AvgIpc) is 2.92. The minimum absolute atomic E-state index is 0.0501. The van der Waals surface area contributed by atoms with Gasteiger partial charge in [-0.05, 0) is 0 Å². The predicted molar refractivity (Wildman–Crippen MR) is 71.0 cm³/mol. The first-order chi connectivity index (χ1) is 8.58. The number of hydrogen-bond acceptors (Lipinski definition) is 6. The third kappa shape index (κ3) is 1.88. The molecule has 1 N–H and O–H groups in total. The third-order valence-electron chi connectivity index (χ3n) is 2.09. The lowest BCUT2D eigenvalue weighted by molar-refractivity contribution is 0.596. The molecule has 0 aromatic carbocycles. The van der Waals surface area contributed by atoms with Gasteiger partial charge in [0.05, 0.1) is 0 Å². The number of nitrogens with one attached hydrogen (secondary N) is 1. The minimum atomic E-state index is -3.79. The van der Waals surface area contributed by atoms with E-state index in [-0.39, 0.29) is 15.3 Å². The molecule has 0 aliphatic carbocycles. The Morgan fingerprint density at radius 1 is 1.33 bits per heavy atom. The maximum Gasteiger partial charge on any atom is 0.282 e. The van der Waals surface area contributed by atoms with Gasteiger partial charge in [0.15, 0.2) is 20.3 Å². The number of halogens is 1. The maximum absolute atomic E-state index is 12.2. The van der Waals surface area contributed by atoms with Gasteiger partial charge in [-0.3, -0.25) is 9.12 Å². The monoisotopic (exact) mass is 320 g/mol. The normalized spacial score (nSPS) is 12.1. The Balaban J connectivity index is 2.13. The molecule has 0 saturated carbocycles. The number of nitrogens with zero attached hydrogens (tertiary/aromatic N) is 3. The van der Waals surface area contributed by atoms with Gasteiger partial charge in [0.25, 0.3) is 10.0 Å². The van der Waals surface area contributed by atoms with E-state index in [2.05, 4.69) is 14.7 Å². The maximum atomic E-state index is 12.2. The van der Waals surface area contributed by atoms with Crippen LogP contribution >= 0.6 is 34.3 Å². The lowest BCUT2D eigenvalue weighted by atomic mass is 10.9. The van der Waals surface area contributed by atoms with Gasteiger partial charge in [0, 0.05) is 23.2 Å². The van der Waals surface area contributed by atoms with Crippen LogP contribution in [-0.4, -0.2) is 22.8 Å². The number of imidazole rings is 1. The van der Waals surface area contributed by atoms with Crippen molar-refractivity contribution in [3.63, 3.8) is 0 Å². The first-order valence-corrected chi connectivity index (χ1v) is 8.23. The van der Waals surface area contributed by atoms with Crippen LogP contribution in [0.5, 0.6) is 0 Å². The van der Waals surface area contributed by atoms with Crippen LogP contribution in [0.4, 0.5) is 5.13 Å². The first kappa shape index (κ1) is 11.9. The van der Waals surface area contributed by atoms with Crippen molar-refractivity contribution in [2.24, 2.45) is 0 Å². The molecule has 3 heterocycles. The van der Waals surface area contributed by atoms with Crippen molar-refractivity contribution >= 4 is 54.4 Å². The molecule has 0 spiro atoms. The topological polar surface area (TPSA) is 76.4 Å². The fraction of sp³-hybridized carbons (Fsp3) is 0. The number of hydrogen-bond donors (Lipinski definition) is 1. The molecule has 3 aromatic heterocycles. The highest BCUT2D eigenvalue weighted by Gasteiger charge is 2.25. The molecular formula is C8H5ClN4O2S3. The molecule has 0 fully saturated rings. The van der Waals surface area contributed by atoms with Crippen LogP contribution in [0.1, 0.15) is 0 Å². The standard InChI is InChI=1S/C8H5ClN4O2S3/c9-5-6(13-2-4-17-8(13)11-5)18(14,15)12-7-10-1-3-16-7/h1-4H,(H,10,12). The third-order valence-corrected chi connectivity index (χ3v) is 5.40. The lowest BCUT2D eigenvalue weighted by Crippen LogP contribution is -2.15. The van der Waals surface area contributed by atoms with E-state index in [9.17, 15) is 8.42 Å². The van der Waals surface area contributed by atoms with Crippen LogP contribution in [0.3, 0.4) is 0 Å². The van der Waals surface area contributed by atoms with Crippen LogP contribution in [-0.2, 0) is 10.0 Å². The van der Waals surface area contributed by atoms with Gasteiger partial charge in [-0.1, -0.05) is 11.6 Å². The number of anilines is 1. The Hall–Kier alpha value is -1.16. The van der Waals surface area contributed by atoms with E-state index in [1.807, 2.05) is 0 Å². The summed E-state index contributed by atoms with van der Waals surface area (Å²) in [5.41, 5.74) is 0. The van der Waals surface area contributed by atoms with Gasteiger partial charge in [-0.25, -0.2) is 9.97 Å². The smallest absolute Gasteiger partial charge is 0.278 e. The van der Waals surface area contributed by atoms with Crippen LogP contribution in [0.15, 0.2) is 28.2 Å². The lowest BCUT2D eigenvalue weighted by Gasteiger charge is -2.03. The number of aromatic nitrogens is 3. The fourth-order valence-electron chi connectivity index (χ4n) is 1.42. The molecule has 3 aromatic rings. The summed E-state index contributed by atoms with van der Waals surface area (Å²) in [4.78, 5) is 8.37. The van der Waals surface area contributed by atoms with E-state index >= 15 is 0 Å². The highest BCUT2D eigenvalue weighted by atomic mass is 35.5. The summed E-state index contributed by atoms with van der Waals surface area (Å²) in [6.07, 6.45) is 3.12. The molecular weight excluding hydrogens is 316 g/mol. The van der Waals surface area contributed by atoms with Gasteiger partial charge < -0.3 is 0 Å². The molecule has 10 heteroatoms. The second-order valence-corrected chi connectivity index (χ2v) is 6.93. The van der Waals surface area contributed by atoms with E-state index in [0.717, 1.165) is 0 Å². The number of thiazole rings is 2. The van der Waals surface area contributed by atoms with Crippen molar-refractivity contribution < 1.29 is 8.42 Å². The SMILES string of the molecule is O=S(=O)(Nc1nccs1)c1c(Cl)nc2sccn12. The van der Waals surface area contributed by atoms with Crippen molar-refractivity contribution in [3.05, 3.63) is 28.3 Å². The number of sulfonamides is 1. The van der Waals surface area contributed by atoms with Gasteiger partial charge >= 0.3 is 0 Å². The van der Waals surface area contributed by atoms with Crippen LogP contribution in [0.2, 0.25) is 5.15 Å². The molecule has 6 nitrogen and oxygen atoms in total. The fourth-order valence-corrected chi connectivity index (χ4v) is 4.66. The quantitative estimate of drug-likeness (QED) is 0.803. The Morgan fingerprint density at radius 2 is 2.17 bits per heavy atom.